The average Bonchev–Trinajstić information content (AvgIpc) is 3.08. The number of carbonyl (C=O) groups excluding carboxylic acids is 1. The number of anilines is 2. The summed E-state index contributed by atoms with van der Waals surface area (Å²) in [5, 5.41) is 7.92. The molecule has 28 heavy (non-hydrogen) atoms. The van der Waals surface area contributed by atoms with Gasteiger partial charge < -0.3 is 10.2 Å². The molecular weight excluding hydrogens is 376 g/mol. The summed E-state index contributed by atoms with van der Waals surface area (Å²) in [6.07, 6.45) is 2.10. The number of carbonyl (C=O) groups is 1. The normalized spacial score (nSPS) is 17.4. The highest BCUT2D eigenvalue weighted by atomic mass is 32.2. The van der Waals surface area contributed by atoms with Crippen molar-refractivity contribution in [3.05, 3.63) is 54.6 Å². The monoisotopic (exact) mass is 402 g/mol. The number of primary sulfonamides is 1. The second-order valence-electron chi connectivity index (χ2n) is 7.10. The standard InChI is InChI=1S/C20H26N4O3S/c1-23(17-8-3-2-4-9-17)14-18-10-6-12-24(18)15-20(25)22-16-7-5-11-19(13-16)28(21,26)27/h2-5,7-9,11,13,18H,6,10,12,14-15H2,1H3,(H,22,25)(H2,21,26,27)/t18-/m1/s1. The van der Waals surface area contributed by atoms with E-state index in [0.717, 1.165) is 31.6 Å². The fourth-order valence-electron chi connectivity index (χ4n) is 3.55. The molecule has 1 aliphatic heterocycles. The van der Waals surface area contributed by atoms with Crippen LogP contribution in [0.5, 0.6) is 0 Å². The van der Waals surface area contributed by atoms with E-state index in [2.05, 4.69) is 34.3 Å². The number of benzene rings is 2. The molecule has 1 fully saturated rings. The maximum absolute atomic E-state index is 12.5. The van der Waals surface area contributed by atoms with Crippen LogP contribution in [0.15, 0.2) is 59.5 Å². The number of amides is 1. The van der Waals surface area contributed by atoms with Crippen LogP contribution in [-0.4, -0.2) is 51.9 Å². The molecule has 7 nitrogen and oxygen atoms in total. The molecule has 0 saturated carbocycles. The molecule has 0 bridgehead atoms. The minimum atomic E-state index is -3.80. The van der Waals surface area contributed by atoms with Gasteiger partial charge in [0.15, 0.2) is 0 Å². The molecule has 3 rings (SSSR count). The fourth-order valence-corrected chi connectivity index (χ4v) is 4.11. The third-order valence-electron chi connectivity index (χ3n) is 4.97. The molecule has 1 atom stereocenters. The van der Waals surface area contributed by atoms with Crippen LogP contribution in [0.25, 0.3) is 0 Å². The molecule has 1 aliphatic rings. The van der Waals surface area contributed by atoms with Crippen molar-refractivity contribution in [2.45, 2.75) is 23.8 Å². The average molecular weight is 403 g/mol. The molecule has 1 saturated heterocycles. The van der Waals surface area contributed by atoms with E-state index in [1.807, 2.05) is 18.2 Å². The lowest BCUT2D eigenvalue weighted by Gasteiger charge is -2.29. The summed E-state index contributed by atoms with van der Waals surface area (Å²) < 4.78 is 22.9. The number of likely N-dealkylation sites (tertiary alicyclic amines) is 1. The van der Waals surface area contributed by atoms with Crippen molar-refractivity contribution in [3.8, 4) is 0 Å². The molecule has 0 aromatic heterocycles. The minimum absolute atomic E-state index is 0.0196. The van der Waals surface area contributed by atoms with E-state index in [0.29, 0.717) is 11.7 Å². The number of para-hydroxylation sites is 1. The Kier molecular flexibility index (Phi) is 6.33. The zero-order valence-electron chi connectivity index (χ0n) is 15.9. The number of nitrogens with one attached hydrogen (secondary N) is 1. The van der Waals surface area contributed by atoms with Crippen LogP contribution in [0.1, 0.15) is 12.8 Å². The second-order valence-corrected chi connectivity index (χ2v) is 8.67. The van der Waals surface area contributed by atoms with Crippen molar-refractivity contribution in [1.82, 2.24) is 4.90 Å². The van der Waals surface area contributed by atoms with Crippen molar-refractivity contribution in [1.29, 1.82) is 0 Å². The van der Waals surface area contributed by atoms with Crippen LogP contribution in [0.4, 0.5) is 11.4 Å². The number of hydrogen-bond donors (Lipinski definition) is 2. The van der Waals surface area contributed by atoms with Gasteiger partial charge in [-0.3, -0.25) is 9.69 Å². The van der Waals surface area contributed by atoms with E-state index in [9.17, 15) is 13.2 Å². The molecule has 0 aliphatic carbocycles. The van der Waals surface area contributed by atoms with E-state index < -0.39 is 10.0 Å². The molecule has 2 aromatic carbocycles. The van der Waals surface area contributed by atoms with Crippen molar-refractivity contribution < 1.29 is 13.2 Å². The smallest absolute Gasteiger partial charge is 0.238 e. The first-order valence-electron chi connectivity index (χ1n) is 9.26. The topological polar surface area (TPSA) is 95.7 Å². The lowest BCUT2D eigenvalue weighted by Crippen LogP contribution is -2.42. The molecule has 1 heterocycles. The predicted molar refractivity (Wildman–Crippen MR) is 111 cm³/mol. The number of likely N-dealkylation sites (N-methyl/N-ethyl adjacent to an activating group) is 1. The first kappa shape index (κ1) is 20.3. The van der Waals surface area contributed by atoms with Crippen LogP contribution in [0, 0.1) is 0 Å². The lowest BCUT2D eigenvalue weighted by atomic mass is 10.2. The van der Waals surface area contributed by atoms with Crippen molar-refractivity contribution in [2.75, 3.05) is 36.9 Å². The Morgan fingerprint density at radius 2 is 1.96 bits per heavy atom. The molecule has 0 radical (unpaired) electrons. The molecule has 0 spiro atoms. The maximum atomic E-state index is 12.5. The van der Waals surface area contributed by atoms with Crippen molar-refractivity contribution >= 4 is 27.3 Å². The summed E-state index contributed by atoms with van der Waals surface area (Å²) in [5.41, 5.74) is 1.58. The van der Waals surface area contributed by atoms with Gasteiger partial charge >= 0.3 is 0 Å². The van der Waals surface area contributed by atoms with Crippen molar-refractivity contribution in [2.24, 2.45) is 5.14 Å². The summed E-state index contributed by atoms with van der Waals surface area (Å²) >= 11 is 0. The zero-order chi connectivity index (χ0) is 20.1. The maximum Gasteiger partial charge on any atom is 0.238 e. The Morgan fingerprint density at radius 3 is 2.68 bits per heavy atom. The van der Waals surface area contributed by atoms with E-state index >= 15 is 0 Å². The van der Waals surface area contributed by atoms with E-state index in [4.69, 9.17) is 5.14 Å². The van der Waals surface area contributed by atoms with Gasteiger partial charge in [0, 0.05) is 31.0 Å². The third kappa shape index (κ3) is 5.31. The van der Waals surface area contributed by atoms with Gasteiger partial charge in [0.2, 0.25) is 15.9 Å². The molecule has 8 heteroatoms. The quantitative estimate of drug-likeness (QED) is 0.737. The van der Waals surface area contributed by atoms with Crippen LogP contribution >= 0.6 is 0 Å². The zero-order valence-corrected chi connectivity index (χ0v) is 16.7. The number of sulfonamides is 1. The first-order chi connectivity index (χ1) is 13.3. The number of hydrogen-bond acceptors (Lipinski definition) is 5. The summed E-state index contributed by atoms with van der Waals surface area (Å²) in [6, 6.07) is 16.5. The van der Waals surface area contributed by atoms with Crippen molar-refractivity contribution in [3.63, 3.8) is 0 Å². The molecule has 0 unspecified atom stereocenters. The number of nitrogens with two attached hydrogens (primary N) is 1. The van der Waals surface area contributed by atoms with E-state index in [1.54, 1.807) is 12.1 Å². The highest BCUT2D eigenvalue weighted by Gasteiger charge is 2.27. The highest BCUT2D eigenvalue weighted by Crippen LogP contribution is 2.21. The molecule has 150 valence electrons. The Balaban J connectivity index is 1.59. The van der Waals surface area contributed by atoms with Gasteiger partial charge in [-0.1, -0.05) is 24.3 Å². The van der Waals surface area contributed by atoms with Crippen LogP contribution in [0.2, 0.25) is 0 Å². The minimum Gasteiger partial charge on any atom is -0.373 e. The Morgan fingerprint density at radius 1 is 1.21 bits per heavy atom. The second kappa shape index (κ2) is 8.72. The fraction of sp³-hybridized carbons (Fsp3) is 0.350. The first-order valence-corrected chi connectivity index (χ1v) is 10.8. The summed E-state index contributed by atoms with van der Waals surface area (Å²) in [4.78, 5) is 16.8. The largest absolute Gasteiger partial charge is 0.373 e. The van der Waals surface area contributed by atoms with E-state index in [1.165, 1.54) is 12.1 Å². The Hall–Kier alpha value is -2.42. The number of nitrogens with zero attached hydrogens (tertiary/aromatic N) is 2. The Labute approximate surface area is 166 Å². The van der Waals surface area contributed by atoms with Crippen LogP contribution < -0.4 is 15.4 Å². The van der Waals surface area contributed by atoms with Gasteiger partial charge in [-0.2, -0.15) is 0 Å². The van der Waals surface area contributed by atoms with Crippen LogP contribution in [-0.2, 0) is 14.8 Å². The van der Waals surface area contributed by atoms with Gasteiger partial charge in [-0.05, 0) is 49.7 Å². The molecule has 2 aromatic rings. The lowest BCUT2D eigenvalue weighted by molar-refractivity contribution is -0.117. The highest BCUT2D eigenvalue weighted by molar-refractivity contribution is 7.89. The molecule has 1 amide bonds. The summed E-state index contributed by atoms with van der Waals surface area (Å²) in [7, 11) is -1.74. The van der Waals surface area contributed by atoms with Gasteiger partial charge in [0.1, 0.15) is 0 Å². The number of rotatable bonds is 7. The van der Waals surface area contributed by atoms with Crippen LogP contribution in [0.3, 0.4) is 0 Å². The third-order valence-corrected chi connectivity index (χ3v) is 5.88. The van der Waals surface area contributed by atoms with Gasteiger partial charge in [0.05, 0.1) is 11.4 Å². The summed E-state index contributed by atoms with van der Waals surface area (Å²) in [5.74, 6) is -0.166. The molecular formula is C20H26N4O3S. The van der Waals surface area contributed by atoms with Gasteiger partial charge in [-0.25, -0.2) is 13.6 Å². The van der Waals surface area contributed by atoms with Gasteiger partial charge in [-0.15, -0.1) is 0 Å². The summed E-state index contributed by atoms with van der Waals surface area (Å²) in [6.45, 7) is 1.99. The Bertz CT molecular complexity index is 918. The predicted octanol–water partition coefficient (Wildman–Crippen LogP) is 1.87. The van der Waals surface area contributed by atoms with E-state index in [-0.39, 0.29) is 17.3 Å². The molecule has 3 N–H and O–H groups in total. The van der Waals surface area contributed by atoms with Gasteiger partial charge in [0.25, 0.3) is 0 Å². The SMILES string of the molecule is CN(C[C@H]1CCCN1CC(=O)Nc1cccc(S(N)(=O)=O)c1)c1ccccc1.